The van der Waals surface area contributed by atoms with Crippen molar-refractivity contribution in [2.75, 3.05) is 4.90 Å². The highest BCUT2D eigenvalue weighted by Gasteiger charge is 2.49. The first-order chi connectivity index (χ1) is 13.4. The topological polar surface area (TPSA) is 42.4 Å². The molecule has 3 aromatic rings. The molecule has 1 amide bonds. The summed E-state index contributed by atoms with van der Waals surface area (Å²) in [6.45, 7) is 3.80. The van der Waals surface area contributed by atoms with Gasteiger partial charge in [-0.2, -0.15) is 4.39 Å². The standard InChI is InChI=1S/C22H18BrFN2O2/c1-22(2)19(15-6-4-3-5-7-15)26(21(27)28-22)17-10-8-14(9-11-17)18-12-16(23)13-25-20(18)24/h3-13,19H,1-2H3. The van der Waals surface area contributed by atoms with Crippen molar-refractivity contribution in [1.82, 2.24) is 4.98 Å². The molecule has 1 fully saturated rings. The van der Waals surface area contributed by atoms with Gasteiger partial charge in [-0.3, -0.25) is 4.90 Å². The first-order valence-corrected chi connectivity index (χ1v) is 9.65. The van der Waals surface area contributed by atoms with Gasteiger partial charge >= 0.3 is 6.09 Å². The second-order valence-corrected chi connectivity index (χ2v) is 8.11. The Kier molecular flexibility index (Phi) is 4.67. The van der Waals surface area contributed by atoms with Gasteiger partial charge in [-0.15, -0.1) is 0 Å². The maximum atomic E-state index is 14.1. The van der Waals surface area contributed by atoms with Crippen LogP contribution in [0.2, 0.25) is 0 Å². The van der Waals surface area contributed by atoms with E-state index in [0.717, 1.165) is 5.56 Å². The van der Waals surface area contributed by atoms with Crippen molar-refractivity contribution in [3.63, 3.8) is 0 Å². The van der Waals surface area contributed by atoms with Crippen LogP contribution in [-0.4, -0.2) is 16.7 Å². The summed E-state index contributed by atoms with van der Waals surface area (Å²) in [5.74, 6) is -0.542. The van der Waals surface area contributed by atoms with Gasteiger partial charge < -0.3 is 4.74 Å². The number of ether oxygens (including phenoxy) is 1. The van der Waals surface area contributed by atoms with Gasteiger partial charge in [0.1, 0.15) is 11.6 Å². The minimum absolute atomic E-state index is 0.267. The number of halogens is 2. The Morgan fingerprint density at radius 2 is 1.79 bits per heavy atom. The Morgan fingerprint density at radius 1 is 1.11 bits per heavy atom. The number of cyclic esters (lactones) is 1. The highest BCUT2D eigenvalue weighted by Crippen LogP contribution is 2.44. The summed E-state index contributed by atoms with van der Waals surface area (Å²) in [5, 5.41) is 0. The third-order valence-electron chi connectivity index (χ3n) is 4.84. The lowest BCUT2D eigenvalue weighted by Crippen LogP contribution is -2.33. The summed E-state index contributed by atoms with van der Waals surface area (Å²) in [4.78, 5) is 18.0. The van der Waals surface area contributed by atoms with E-state index in [0.29, 0.717) is 21.3 Å². The summed E-state index contributed by atoms with van der Waals surface area (Å²) in [7, 11) is 0. The van der Waals surface area contributed by atoms with Crippen molar-refractivity contribution in [1.29, 1.82) is 0 Å². The van der Waals surface area contributed by atoms with E-state index in [9.17, 15) is 9.18 Å². The van der Waals surface area contributed by atoms with Crippen LogP contribution < -0.4 is 4.90 Å². The Morgan fingerprint density at radius 3 is 2.46 bits per heavy atom. The molecule has 1 unspecified atom stereocenters. The number of hydrogen-bond donors (Lipinski definition) is 0. The largest absolute Gasteiger partial charge is 0.441 e. The van der Waals surface area contributed by atoms with E-state index in [1.54, 1.807) is 35.2 Å². The highest BCUT2D eigenvalue weighted by molar-refractivity contribution is 9.10. The number of nitrogens with zero attached hydrogens (tertiary/aromatic N) is 2. The number of pyridine rings is 1. The summed E-state index contributed by atoms with van der Waals surface area (Å²) < 4.78 is 20.4. The van der Waals surface area contributed by atoms with Crippen LogP contribution in [-0.2, 0) is 4.74 Å². The second kappa shape index (κ2) is 7.02. The molecule has 1 atom stereocenters. The predicted octanol–water partition coefficient (Wildman–Crippen LogP) is 6.13. The fourth-order valence-electron chi connectivity index (χ4n) is 3.61. The van der Waals surface area contributed by atoms with Gasteiger partial charge in [-0.25, -0.2) is 9.78 Å². The lowest BCUT2D eigenvalue weighted by molar-refractivity contribution is 0.0685. The molecule has 4 nitrogen and oxygen atoms in total. The van der Waals surface area contributed by atoms with Crippen molar-refractivity contribution >= 4 is 27.7 Å². The molecule has 1 saturated heterocycles. The van der Waals surface area contributed by atoms with E-state index in [2.05, 4.69) is 20.9 Å². The van der Waals surface area contributed by atoms with Crippen LogP contribution >= 0.6 is 15.9 Å². The molecule has 142 valence electrons. The molecule has 4 rings (SSSR count). The molecule has 0 saturated carbocycles. The van der Waals surface area contributed by atoms with Gasteiger partial charge in [0.25, 0.3) is 0 Å². The molecule has 0 spiro atoms. The fourth-order valence-corrected chi connectivity index (χ4v) is 3.94. The Bertz CT molecular complexity index is 1020. The third kappa shape index (κ3) is 3.29. The van der Waals surface area contributed by atoms with Crippen molar-refractivity contribution in [2.24, 2.45) is 0 Å². The predicted molar refractivity (Wildman–Crippen MR) is 110 cm³/mol. The number of carbonyl (C=O) groups excluding carboxylic acids is 1. The Hall–Kier alpha value is -2.73. The Balaban J connectivity index is 1.73. The van der Waals surface area contributed by atoms with E-state index < -0.39 is 17.6 Å². The molecule has 28 heavy (non-hydrogen) atoms. The van der Waals surface area contributed by atoms with E-state index in [4.69, 9.17) is 4.74 Å². The smallest absolute Gasteiger partial charge is 0.415 e. The van der Waals surface area contributed by atoms with Gasteiger partial charge in [0.05, 0.1) is 0 Å². The maximum Gasteiger partial charge on any atom is 0.415 e. The number of amides is 1. The van der Waals surface area contributed by atoms with E-state index >= 15 is 0 Å². The van der Waals surface area contributed by atoms with Crippen LogP contribution in [0.1, 0.15) is 25.5 Å². The molecule has 6 heteroatoms. The molecule has 1 aliphatic heterocycles. The summed E-state index contributed by atoms with van der Waals surface area (Å²) in [6.07, 6.45) is 1.02. The van der Waals surface area contributed by atoms with Gasteiger partial charge in [0.2, 0.25) is 5.95 Å². The minimum atomic E-state index is -0.683. The van der Waals surface area contributed by atoms with Crippen LogP contribution in [0.25, 0.3) is 11.1 Å². The zero-order chi connectivity index (χ0) is 19.9. The van der Waals surface area contributed by atoms with Crippen molar-refractivity contribution in [3.05, 3.63) is 82.8 Å². The number of rotatable bonds is 3. The van der Waals surface area contributed by atoms with Gasteiger partial charge in [-0.1, -0.05) is 42.5 Å². The number of benzene rings is 2. The fraction of sp³-hybridized carbons (Fsp3) is 0.182. The van der Waals surface area contributed by atoms with E-state index in [-0.39, 0.29) is 6.04 Å². The van der Waals surface area contributed by atoms with E-state index in [1.807, 2.05) is 44.2 Å². The Labute approximate surface area is 171 Å². The lowest BCUT2D eigenvalue weighted by atomic mass is 9.91. The lowest BCUT2D eigenvalue weighted by Gasteiger charge is -2.29. The zero-order valence-corrected chi connectivity index (χ0v) is 17.0. The molecule has 0 radical (unpaired) electrons. The molecule has 1 aromatic heterocycles. The second-order valence-electron chi connectivity index (χ2n) is 7.19. The third-order valence-corrected chi connectivity index (χ3v) is 5.27. The maximum absolute atomic E-state index is 14.1. The van der Waals surface area contributed by atoms with Crippen molar-refractivity contribution in [2.45, 2.75) is 25.5 Å². The zero-order valence-electron chi connectivity index (χ0n) is 15.4. The van der Waals surface area contributed by atoms with Crippen molar-refractivity contribution < 1.29 is 13.9 Å². The highest BCUT2D eigenvalue weighted by atomic mass is 79.9. The molecular weight excluding hydrogens is 423 g/mol. The van der Waals surface area contributed by atoms with Crippen LogP contribution in [0, 0.1) is 5.95 Å². The normalized spacial score (nSPS) is 18.2. The molecule has 0 bridgehead atoms. The van der Waals surface area contributed by atoms with Gasteiger partial charge in [0.15, 0.2) is 0 Å². The number of hydrogen-bond acceptors (Lipinski definition) is 3. The molecular formula is C22H18BrFN2O2. The van der Waals surface area contributed by atoms with Crippen LogP contribution in [0.5, 0.6) is 0 Å². The molecule has 2 heterocycles. The minimum Gasteiger partial charge on any atom is -0.441 e. The monoisotopic (exact) mass is 440 g/mol. The summed E-state index contributed by atoms with van der Waals surface area (Å²) >= 11 is 3.32. The van der Waals surface area contributed by atoms with Crippen molar-refractivity contribution in [3.8, 4) is 11.1 Å². The van der Waals surface area contributed by atoms with Crippen LogP contribution in [0.15, 0.2) is 71.3 Å². The number of aromatic nitrogens is 1. The molecule has 1 aliphatic rings. The summed E-state index contributed by atoms with van der Waals surface area (Å²) in [5.41, 5.74) is 2.07. The molecule has 0 N–H and O–H groups in total. The molecule has 2 aromatic carbocycles. The van der Waals surface area contributed by atoms with Crippen LogP contribution in [0.3, 0.4) is 0 Å². The van der Waals surface area contributed by atoms with Gasteiger partial charge in [0, 0.05) is 21.9 Å². The number of anilines is 1. The van der Waals surface area contributed by atoms with Gasteiger partial charge in [-0.05, 0) is 59.1 Å². The quantitative estimate of drug-likeness (QED) is 0.460. The first-order valence-electron chi connectivity index (χ1n) is 8.85. The number of carbonyl (C=O) groups is 1. The molecule has 0 aliphatic carbocycles. The average Bonchev–Trinajstić information content (AvgIpc) is 2.93. The first kappa shape index (κ1) is 18.6. The average molecular weight is 441 g/mol. The van der Waals surface area contributed by atoms with Crippen LogP contribution in [0.4, 0.5) is 14.9 Å². The summed E-state index contributed by atoms with van der Waals surface area (Å²) in [6, 6.07) is 18.4. The van der Waals surface area contributed by atoms with E-state index in [1.165, 1.54) is 6.20 Å². The SMILES string of the molecule is CC1(C)OC(=O)N(c2ccc(-c3cc(Br)cnc3F)cc2)C1c1ccccc1.